The number of cyclic esters (lactones) is 1. The third kappa shape index (κ3) is 3.58. The second-order valence-electron chi connectivity index (χ2n) is 7.37. The Morgan fingerprint density at radius 1 is 1.30 bits per heavy atom. The minimum Gasteiger partial charge on any atom is -0.442 e. The summed E-state index contributed by atoms with van der Waals surface area (Å²) < 4.78 is 25.8. The first kappa shape index (κ1) is 18.0. The molecule has 0 saturated carbocycles. The zero-order chi connectivity index (χ0) is 19.0. The molecule has 0 radical (unpaired) electrons. The third-order valence-corrected chi connectivity index (χ3v) is 5.46. The monoisotopic (exact) mass is 377 g/mol. The molecular weight excluding hydrogens is 353 g/mol. The normalized spacial score (nSPS) is 27.5. The highest BCUT2D eigenvalue weighted by atomic mass is 19.1. The Morgan fingerprint density at radius 3 is 2.70 bits per heavy atom. The quantitative estimate of drug-likeness (QED) is 0.870. The molecule has 2 bridgehead atoms. The summed E-state index contributed by atoms with van der Waals surface area (Å²) in [6.45, 7) is 3.18. The van der Waals surface area contributed by atoms with E-state index >= 15 is 0 Å². The molecular formula is C19H24FN3O4. The molecule has 1 aromatic carbocycles. The van der Waals surface area contributed by atoms with E-state index in [2.05, 4.69) is 10.2 Å². The largest absolute Gasteiger partial charge is 0.442 e. The summed E-state index contributed by atoms with van der Waals surface area (Å²) in [6, 6.07) is 5.30. The Bertz CT molecular complexity index is 722. The Balaban J connectivity index is 1.50. The molecule has 3 unspecified atom stereocenters. The SMILES string of the molecule is CC(=O)NCC1CN(c2ccc(N3C4CCCC3COC4)c(F)c2)C(=O)O1. The Morgan fingerprint density at radius 2 is 2.04 bits per heavy atom. The van der Waals surface area contributed by atoms with Crippen molar-refractivity contribution in [1.29, 1.82) is 0 Å². The Hall–Kier alpha value is -2.35. The van der Waals surface area contributed by atoms with Crippen molar-refractivity contribution in [3.05, 3.63) is 24.0 Å². The van der Waals surface area contributed by atoms with Crippen LogP contribution in [0.4, 0.5) is 20.6 Å². The number of benzene rings is 1. The molecule has 4 rings (SSSR count). The standard InChI is InChI=1S/C19H24FN3O4/c1-12(24)21-8-16-9-22(19(25)27-16)13-5-6-18(17(20)7-13)23-14-3-2-4-15(23)11-26-10-14/h5-7,14-16H,2-4,8-11H2,1H3,(H,21,24). The van der Waals surface area contributed by atoms with Gasteiger partial charge in [-0.15, -0.1) is 0 Å². The number of anilines is 2. The zero-order valence-corrected chi connectivity index (χ0v) is 15.3. The molecule has 3 saturated heterocycles. The number of nitrogens with one attached hydrogen (secondary N) is 1. The van der Waals surface area contributed by atoms with Crippen LogP contribution in [-0.2, 0) is 14.3 Å². The van der Waals surface area contributed by atoms with E-state index in [-0.39, 0.29) is 36.9 Å². The van der Waals surface area contributed by atoms with Crippen molar-refractivity contribution in [1.82, 2.24) is 5.32 Å². The summed E-state index contributed by atoms with van der Waals surface area (Å²) in [4.78, 5) is 26.7. The second-order valence-corrected chi connectivity index (χ2v) is 7.37. The van der Waals surface area contributed by atoms with Gasteiger partial charge in [0, 0.05) is 6.92 Å². The van der Waals surface area contributed by atoms with E-state index in [4.69, 9.17) is 9.47 Å². The van der Waals surface area contributed by atoms with E-state index in [0.29, 0.717) is 24.6 Å². The van der Waals surface area contributed by atoms with Gasteiger partial charge in [-0.25, -0.2) is 9.18 Å². The van der Waals surface area contributed by atoms with Crippen LogP contribution in [0.2, 0.25) is 0 Å². The molecule has 0 aromatic heterocycles. The summed E-state index contributed by atoms with van der Waals surface area (Å²) in [5.41, 5.74) is 1.03. The maximum atomic E-state index is 15.0. The average Bonchev–Trinajstić information content (AvgIpc) is 3.00. The van der Waals surface area contributed by atoms with Crippen LogP contribution in [0.1, 0.15) is 26.2 Å². The Labute approximate surface area is 157 Å². The summed E-state index contributed by atoms with van der Waals surface area (Å²) >= 11 is 0. The number of amides is 2. The highest BCUT2D eigenvalue weighted by Gasteiger charge is 2.37. The smallest absolute Gasteiger partial charge is 0.414 e. The van der Waals surface area contributed by atoms with Gasteiger partial charge in [0.25, 0.3) is 0 Å². The fraction of sp³-hybridized carbons (Fsp3) is 0.579. The molecule has 3 fully saturated rings. The number of nitrogens with zero attached hydrogens (tertiary/aromatic N) is 2. The number of carbonyl (C=O) groups excluding carboxylic acids is 2. The number of morpholine rings is 1. The molecule has 0 spiro atoms. The fourth-order valence-corrected chi connectivity index (χ4v) is 4.20. The van der Waals surface area contributed by atoms with Crippen LogP contribution in [0.25, 0.3) is 0 Å². The van der Waals surface area contributed by atoms with Crippen LogP contribution < -0.4 is 15.1 Å². The van der Waals surface area contributed by atoms with Gasteiger partial charge < -0.3 is 19.7 Å². The lowest BCUT2D eigenvalue weighted by molar-refractivity contribution is -0.119. The first-order valence-corrected chi connectivity index (χ1v) is 9.41. The van der Waals surface area contributed by atoms with Crippen molar-refractivity contribution < 1.29 is 23.5 Å². The molecule has 2 amide bonds. The van der Waals surface area contributed by atoms with Gasteiger partial charge in [-0.05, 0) is 37.5 Å². The van der Waals surface area contributed by atoms with E-state index in [1.807, 2.05) is 0 Å². The molecule has 0 aliphatic carbocycles. The number of carbonyl (C=O) groups is 2. The summed E-state index contributed by atoms with van der Waals surface area (Å²) in [5.74, 6) is -0.527. The molecule has 8 heteroatoms. The van der Waals surface area contributed by atoms with Crippen molar-refractivity contribution in [2.45, 2.75) is 44.4 Å². The summed E-state index contributed by atoms with van der Waals surface area (Å²) in [6.07, 6.45) is 2.18. The van der Waals surface area contributed by atoms with Crippen molar-refractivity contribution in [2.24, 2.45) is 0 Å². The lowest BCUT2D eigenvalue weighted by atomic mass is 9.93. The average molecular weight is 377 g/mol. The van der Waals surface area contributed by atoms with E-state index in [0.717, 1.165) is 19.3 Å². The van der Waals surface area contributed by atoms with Gasteiger partial charge in [-0.1, -0.05) is 0 Å². The third-order valence-electron chi connectivity index (χ3n) is 5.46. The van der Waals surface area contributed by atoms with Crippen LogP contribution in [0.15, 0.2) is 18.2 Å². The fourth-order valence-electron chi connectivity index (χ4n) is 4.20. The van der Waals surface area contributed by atoms with Gasteiger partial charge in [0.15, 0.2) is 0 Å². The van der Waals surface area contributed by atoms with E-state index in [1.165, 1.54) is 17.9 Å². The molecule has 3 aliphatic rings. The van der Waals surface area contributed by atoms with E-state index in [9.17, 15) is 14.0 Å². The number of fused-ring (bicyclic) bond motifs is 2. The van der Waals surface area contributed by atoms with Gasteiger partial charge in [0.2, 0.25) is 5.91 Å². The lowest BCUT2D eigenvalue weighted by Crippen LogP contribution is -2.55. The molecule has 27 heavy (non-hydrogen) atoms. The minimum absolute atomic E-state index is 0.184. The lowest BCUT2D eigenvalue weighted by Gasteiger charge is -2.47. The number of rotatable bonds is 4. The summed E-state index contributed by atoms with van der Waals surface area (Å²) in [5, 5.41) is 2.63. The van der Waals surface area contributed by atoms with E-state index < -0.39 is 12.2 Å². The van der Waals surface area contributed by atoms with Gasteiger partial charge >= 0.3 is 6.09 Å². The van der Waals surface area contributed by atoms with Gasteiger partial charge in [0.05, 0.1) is 49.8 Å². The number of ether oxygens (including phenoxy) is 2. The van der Waals surface area contributed by atoms with Crippen molar-refractivity contribution in [2.75, 3.05) is 36.1 Å². The van der Waals surface area contributed by atoms with E-state index in [1.54, 1.807) is 12.1 Å². The zero-order valence-electron chi connectivity index (χ0n) is 15.3. The molecule has 146 valence electrons. The van der Waals surface area contributed by atoms with Crippen molar-refractivity contribution in [3.8, 4) is 0 Å². The van der Waals surface area contributed by atoms with Crippen LogP contribution >= 0.6 is 0 Å². The number of hydrogen-bond acceptors (Lipinski definition) is 5. The van der Waals surface area contributed by atoms with Gasteiger partial charge in [-0.2, -0.15) is 0 Å². The molecule has 3 heterocycles. The molecule has 7 nitrogen and oxygen atoms in total. The minimum atomic E-state index is -0.527. The molecule has 1 aromatic rings. The number of hydrogen-bond donors (Lipinski definition) is 1. The van der Waals surface area contributed by atoms with Crippen LogP contribution in [-0.4, -0.2) is 56.5 Å². The van der Waals surface area contributed by atoms with Crippen LogP contribution in [0.5, 0.6) is 0 Å². The topological polar surface area (TPSA) is 71.1 Å². The summed E-state index contributed by atoms with van der Waals surface area (Å²) in [7, 11) is 0. The van der Waals surface area contributed by atoms with Crippen LogP contribution in [0, 0.1) is 5.82 Å². The number of piperidine rings is 1. The Kier molecular flexibility index (Phi) is 4.90. The number of halogens is 1. The van der Waals surface area contributed by atoms with Gasteiger partial charge in [0.1, 0.15) is 11.9 Å². The molecule has 3 atom stereocenters. The highest BCUT2D eigenvalue weighted by molar-refractivity contribution is 5.90. The van der Waals surface area contributed by atoms with Crippen LogP contribution in [0.3, 0.4) is 0 Å². The maximum absolute atomic E-state index is 15.0. The highest BCUT2D eigenvalue weighted by Crippen LogP contribution is 2.36. The molecule has 3 aliphatic heterocycles. The first-order valence-electron chi connectivity index (χ1n) is 9.41. The van der Waals surface area contributed by atoms with Crippen molar-refractivity contribution in [3.63, 3.8) is 0 Å². The predicted molar refractivity (Wildman–Crippen MR) is 97.4 cm³/mol. The molecule has 1 N–H and O–H groups in total. The predicted octanol–water partition coefficient (Wildman–Crippen LogP) is 2.04. The first-order chi connectivity index (χ1) is 13.0. The maximum Gasteiger partial charge on any atom is 0.414 e. The van der Waals surface area contributed by atoms with Gasteiger partial charge in [-0.3, -0.25) is 9.69 Å². The second kappa shape index (κ2) is 7.34. The van der Waals surface area contributed by atoms with Crippen molar-refractivity contribution >= 4 is 23.4 Å².